The summed E-state index contributed by atoms with van der Waals surface area (Å²) in [6.45, 7) is 19.8. The number of aromatic nitrogens is 3. The highest BCUT2D eigenvalue weighted by atomic mass is 32.2. The molecule has 0 bridgehead atoms. The van der Waals surface area contributed by atoms with E-state index in [4.69, 9.17) is 57.4 Å². The van der Waals surface area contributed by atoms with Crippen LogP contribution in [-0.4, -0.2) is 143 Å². The zero-order valence-corrected chi connectivity index (χ0v) is 69.0. The average molecular weight is 1610 g/mol. The van der Waals surface area contributed by atoms with Crippen LogP contribution in [0.5, 0.6) is 0 Å². The molecule has 618 valence electrons. The lowest BCUT2D eigenvalue weighted by Gasteiger charge is -2.39. The van der Waals surface area contributed by atoms with Gasteiger partial charge in [-0.05, 0) is 179 Å². The summed E-state index contributed by atoms with van der Waals surface area (Å²) in [5, 5.41) is 23.6. The number of rotatable bonds is 23. The summed E-state index contributed by atoms with van der Waals surface area (Å²) in [6, 6.07) is 43.8. The van der Waals surface area contributed by atoms with Gasteiger partial charge >= 0.3 is 17.9 Å². The summed E-state index contributed by atoms with van der Waals surface area (Å²) in [7, 11) is -1.96. The summed E-state index contributed by atoms with van der Waals surface area (Å²) in [6.07, 6.45) is 17.3. The van der Waals surface area contributed by atoms with E-state index in [9.17, 15) is 46.2 Å². The van der Waals surface area contributed by atoms with Crippen molar-refractivity contribution in [3.8, 4) is 33.4 Å². The van der Waals surface area contributed by atoms with Crippen LogP contribution < -0.4 is 0 Å². The van der Waals surface area contributed by atoms with E-state index in [0.29, 0.717) is 50.1 Å². The number of ether oxygens (including phenoxy) is 8. The summed E-state index contributed by atoms with van der Waals surface area (Å²) >= 11 is 0. The van der Waals surface area contributed by atoms with E-state index in [0.717, 1.165) is 138 Å². The van der Waals surface area contributed by atoms with E-state index >= 15 is 0 Å². The fourth-order valence-electron chi connectivity index (χ4n) is 14.1. The zero-order chi connectivity index (χ0) is 83.7. The van der Waals surface area contributed by atoms with Gasteiger partial charge in [0, 0.05) is 93.7 Å². The number of esters is 3. The van der Waals surface area contributed by atoms with Crippen molar-refractivity contribution in [1.82, 2.24) is 15.0 Å². The van der Waals surface area contributed by atoms with Crippen LogP contribution in [-0.2, 0) is 62.4 Å². The molecule has 3 saturated carbocycles. The number of hydrogen-bond acceptors (Lipinski definition) is 18. The van der Waals surface area contributed by atoms with Crippen molar-refractivity contribution in [1.29, 1.82) is 0 Å². The number of nitrogens with zero attached hydrogens (tertiary/aromatic N) is 3. The van der Waals surface area contributed by atoms with Gasteiger partial charge in [0.1, 0.15) is 17.5 Å². The fourth-order valence-corrected chi connectivity index (χ4v) is 14.1. The maximum atomic E-state index is 13.8. The second-order valence-electron chi connectivity index (χ2n) is 31.4. The molecule has 14 rings (SSSR count). The van der Waals surface area contributed by atoms with Gasteiger partial charge in [-0.25, -0.2) is 13.2 Å². The van der Waals surface area contributed by atoms with Gasteiger partial charge in [-0.15, -0.1) is 0 Å². The van der Waals surface area contributed by atoms with Crippen LogP contribution in [0.1, 0.15) is 198 Å². The van der Waals surface area contributed by atoms with Crippen LogP contribution in [0.25, 0.3) is 84.3 Å². The molecule has 5 fully saturated rings. The number of pyridine rings is 3. The van der Waals surface area contributed by atoms with E-state index in [1.807, 2.05) is 152 Å². The molecule has 6 atom stereocenters. The molecule has 0 radical (unpaired) electrons. The number of carbonyl (C=O) groups excluding carboxylic acids is 3. The normalized spacial score (nSPS) is 19.0. The second kappa shape index (κ2) is 40.2. The van der Waals surface area contributed by atoms with Gasteiger partial charge < -0.3 is 48.1 Å². The maximum Gasteiger partial charge on any atom is 0.308 e. The minimum Gasteiger partial charge on any atom is -0.466 e. The Bertz CT molecular complexity index is 4850. The Balaban J connectivity index is 0.000000172. The van der Waals surface area contributed by atoms with Crippen LogP contribution >= 0.6 is 0 Å². The molecule has 23 heteroatoms. The molecule has 19 nitrogen and oxygen atoms in total. The molecule has 9 aromatic rings. The number of methoxy groups -OCH3 is 1. The van der Waals surface area contributed by atoms with Crippen molar-refractivity contribution < 1.29 is 88.6 Å². The highest BCUT2D eigenvalue weighted by Crippen LogP contribution is 2.49. The third-order valence-electron chi connectivity index (χ3n) is 19.6. The van der Waals surface area contributed by atoms with Gasteiger partial charge in [-0.2, -0.15) is 8.42 Å². The summed E-state index contributed by atoms with van der Waals surface area (Å²) in [5.41, 5.74) is 14.7. The van der Waals surface area contributed by atoms with Crippen molar-refractivity contribution in [2.24, 2.45) is 0 Å². The van der Waals surface area contributed by atoms with Gasteiger partial charge in [0.05, 0.1) is 121 Å². The highest BCUT2D eigenvalue weighted by molar-refractivity contribution is 7.85. The Kier molecular flexibility index (Phi) is 30.8. The molecular formula is C93H108F3N3O16S. The SMILES string of the molecule is CCOC(=O)C[C@H](O)C[C@H](O)/C=C/c1c(C2CC2)nc2ccccc2c1-c1ccc(F)cc1.CCOC(=O)C[C@H]1C[C@@H](/C=C/c2c(C3CC3)nc3ccccc3c2-c2ccc(F)cc2)OC(C)(C)O1.CCOC(=O)C[C@H]1C[C@@H](/C=C/c2c(C3CC3)nc3ccccc3c2-c2ccc(F)cc2)OC(C)(C)O1.COC(C)(C)C.CS(=O)(=O)O. The van der Waals surface area contributed by atoms with Crippen molar-refractivity contribution in [2.45, 2.75) is 218 Å². The molecule has 5 heterocycles. The maximum absolute atomic E-state index is 13.8. The first-order valence-electron chi connectivity index (χ1n) is 39.8. The second-order valence-corrected chi connectivity index (χ2v) is 32.9. The third-order valence-corrected chi connectivity index (χ3v) is 19.6. The van der Waals surface area contributed by atoms with Gasteiger partial charge in [-0.1, -0.05) is 127 Å². The lowest BCUT2D eigenvalue weighted by atomic mass is 9.92. The molecule has 0 unspecified atom stereocenters. The predicted octanol–water partition coefficient (Wildman–Crippen LogP) is 19.5. The number of hydrogen-bond donors (Lipinski definition) is 3. The van der Waals surface area contributed by atoms with Crippen molar-refractivity contribution in [3.05, 3.63) is 215 Å². The molecule has 116 heavy (non-hydrogen) atoms. The minimum absolute atomic E-state index is 0.0148. The van der Waals surface area contributed by atoms with E-state index in [-0.39, 0.29) is 91.7 Å². The number of aliphatic hydroxyl groups is 2. The molecule has 0 spiro atoms. The monoisotopic (exact) mass is 1610 g/mol. The summed E-state index contributed by atoms with van der Waals surface area (Å²) < 4.78 is 112. The number of fused-ring (bicyclic) bond motifs is 3. The number of para-hydroxylation sites is 3. The predicted molar refractivity (Wildman–Crippen MR) is 446 cm³/mol. The van der Waals surface area contributed by atoms with Crippen LogP contribution in [0.3, 0.4) is 0 Å². The molecule has 2 saturated heterocycles. The van der Waals surface area contributed by atoms with Gasteiger partial charge in [0.15, 0.2) is 11.6 Å². The smallest absolute Gasteiger partial charge is 0.308 e. The lowest BCUT2D eigenvalue weighted by Crippen LogP contribution is -2.44. The van der Waals surface area contributed by atoms with Gasteiger partial charge in [0.2, 0.25) is 0 Å². The Morgan fingerprint density at radius 1 is 0.509 bits per heavy atom. The summed E-state index contributed by atoms with van der Waals surface area (Å²) in [5.74, 6) is -2.33. The lowest BCUT2D eigenvalue weighted by molar-refractivity contribution is -0.291. The molecular weight excluding hydrogens is 1500 g/mol. The quantitative estimate of drug-likeness (QED) is 0.0305. The number of benzene rings is 6. The van der Waals surface area contributed by atoms with Gasteiger partial charge in [-0.3, -0.25) is 33.9 Å². The molecule has 3 N–H and O–H groups in total. The van der Waals surface area contributed by atoms with E-state index in [1.54, 1.807) is 46.1 Å². The largest absolute Gasteiger partial charge is 0.466 e. The molecule has 3 aliphatic carbocycles. The topological polar surface area (TPSA) is 259 Å². The van der Waals surface area contributed by atoms with Gasteiger partial charge in [0.25, 0.3) is 10.1 Å². The minimum atomic E-state index is -3.67. The Morgan fingerprint density at radius 3 is 1.11 bits per heavy atom. The number of halogens is 3. The molecule has 6 aromatic carbocycles. The van der Waals surface area contributed by atoms with Crippen LogP contribution in [0.15, 0.2) is 164 Å². The average Bonchev–Trinajstić information content (AvgIpc) is 1.50. The van der Waals surface area contributed by atoms with E-state index < -0.39 is 39.9 Å². The first kappa shape index (κ1) is 89.0. The van der Waals surface area contributed by atoms with Crippen molar-refractivity contribution >= 4 is 79.0 Å². The Labute approximate surface area is 678 Å². The van der Waals surface area contributed by atoms with Crippen LogP contribution in [0, 0.1) is 17.5 Å². The standard InChI is InChI=1S/2C30H32FNO4.C27H28FNO4.C5H12O.CH4O3S/c2*1-4-34-27(33)18-23-17-22(35-30(2,3)36-23)15-16-25-28(19-11-13-21(31)14-12-19)24-7-5-6-8-26(24)32-29(25)20-9-10-20;1-2-33-25(32)16-21(31)15-20(30)13-14-23-26(17-9-11-19(28)12-10-17)22-5-3-4-6-24(22)29-27(23)18-7-8-18;1-5(2,3)6-4;1-5(2,3)4/h2*5-8,11-16,20,22-23H,4,9-10,17-18H2,1-3H3;3-6,9-14,18,20-21,30-31H,2,7-8,15-16H2,1H3;1-4H3;1H3,(H,2,3,4)/b2*16-15+;14-13+;;/t2*22-,23-;20-,21-;;/m111../s1. The van der Waals surface area contributed by atoms with E-state index in [1.165, 1.54) is 36.4 Å². The van der Waals surface area contributed by atoms with Crippen molar-refractivity contribution in [3.63, 3.8) is 0 Å². The Hall–Kier alpha value is -9.40. The molecule has 0 amide bonds. The molecule has 3 aromatic heterocycles. The molecule has 2 aliphatic heterocycles. The van der Waals surface area contributed by atoms with Crippen molar-refractivity contribution in [2.75, 3.05) is 33.2 Å². The van der Waals surface area contributed by atoms with Crippen LogP contribution in [0.4, 0.5) is 13.2 Å². The first-order chi connectivity index (χ1) is 55.2. The van der Waals surface area contributed by atoms with E-state index in [2.05, 4.69) is 24.3 Å². The highest BCUT2D eigenvalue weighted by Gasteiger charge is 2.39. The zero-order valence-electron chi connectivity index (χ0n) is 68.2. The Morgan fingerprint density at radius 2 is 0.810 bits per heavy atom. The summed E-state index contributed by atoms with van der Waals surface area (Å²) in [4.78, 5) is 50.8. The molecule has 5 aliphatic rings. The number of carbonyl (C=O) groups is 3. The van der Waals surface area contributed by atoms with Crippen LogP contribution in [0.2, 0.25) is 0 Å². The fraction of sp³-hybridized carbons (Fsp3) is 0.419. The first-order valence-corrected chi connectivity index (χ1v) is 41.6. The third kappa shape index (κ3) is 26.6. The number of aliphatic hydroxyl groups excluding tert-OH is 2.